The predicted molar refractivity (Wildman–Crippen MR) is 66.0 cm³/mol. The summed E-state index contributed by atoms with van der Waals surface area (Å²) in [6.07, 6.45) is 3.31. The lowest BCUT2D eigenvalue weighted by Gasteiger charge is -2.15. The summed E-state index contributed by atoms with van der Waals surface area (Å²) in [6, 6.07) is 9.84. The standard InChI is InChI=1S/C14H14FNO2/c15-13-3-1-2-4-14(13)18-10-12(9-17)11-5-7-16-8-6-11/h1-8,12,17H,9-10H2. The Kier molecular flexibility index (Phi) is 4.25. The quantitative estimate of drug-likeness (QED) is 0.882. The SMILES string of the molecule is OCC(COc1ccccc1F)c1ccncc1. The summed E-state index contributed by atoms with van der Waals surface area (Å²) in [5.41, 5.74) is 0.920. The third kappa shape index (κ3) is 3.05. The van der Waals surface area contributed by atoms with E-state index in [2.05, 4.69) is 4.98 Å². The zero-order valence-corrected chi connectivity index (χ0v) is 9.79. The minimum Gasteiger partial charge on any atom is -0.490 e. The zero-order chi connectivity index (χ0) is 12.8. The first-order chi connectivity index (χ1) is 8.81. The van der Waals surface area contributed by atoms with Crippen LogP contribution in [0.2, 0.25) is 0 Å². The van der Waals surface area contributed by atoms with Crippen molar-refractivity contribution in [3.63, 3.8) is 0 Å². The number of pyridine rings is 1. The summed E-state index contributed by atoms with van der Waals surface area (Å²) < 4.78 is 18.7. The highest BCUT2D eigenvalue weighted by Gasteiger charge is 2.12. The van der Waals surface area contributed by atoms with Crippen LogP contribution in [0, 0.1) is 5.82 Å². The van der Waals surface area contributed by atoms with Crippen LogP contribution in [-0.2, 0) is 0 Å². The van der Waals surface area contributed by atoms with Gasteiger partial charge in [-0.1, -0.05) is 12.1 Å². The maximum atomic E-state index is 13.3. The maximum absolute atomic E-state index is 13.3. The lowest BCUT2D eigenvalue weighted by atomic mass is 10.0. The molecule has 0 radical (unpaired) electrons. The summed E-state index contributed by atoms with van der Waals surface area (Å²) in [6.45, 7) is 0.167. The molecular formula is C14H14FNO2. The molecule has 1 atom stereocenters. The minimum absolute atomic E-state index is 0.0571. The highest BCUT2D eigenvalue weighted by molar-refractivity contribution is 5.24. The number of aromatic nitrogens is 1. The van der Waals surface area contributed by atoms with Crippen molar-refractivity contribution in [3.8, 4) is 5.75 Å². The number of hydrogen-bond acceptors (Lipinski definition) is 3. The van der Waals surface area contributed by atoms with E-state index in [-0.39, 0.29) is 24.9 Å². The molecule has 4 heteroatoms. The van der Waals surface area contributed by atoms with Crippen LogP contribution in [0.1, 0.15) is 11.5 Å². The van der Waals surface area contributed by atoms with E-state index in [0.717, 1.165) is 5.56 Å². The first-order valence-corrected chi connectivity index (χ1v) is 5.69. The molecule has 1 aromatic carbocycles. The van der Waals surface area contributed by atoms with Gasteiger partial charge in [-0.2, -0.15) is 0 Å². The van der Waals surface area contributed by atoms with E-state index in [1.54, 1.807) is 30.6 Å². The van der Waals surface area contributed by atoms with Gasteiger partial charge in [-0.25, -0.2) is 4.39 Å². The van der Waals surface area contributed by atoms with Crippen molar-refractivity contribution in [2.45, 2.75) is 5.92 Å². The van der Waals surface area contributed by atoms with E-state index in [4.69, 9.17) is 4.74 Å². The van der Waals surface area contributed by atoms with Gasteiger partial charge in [0.2, 0.25) is 0 Å². The van der Waals surface area contributed by atoms with Gasteiger partial charge in [0.1, 0.15) is 0 Å². The molecule has 0 aliphatic rings. The molecule has 0 saturated carbocycles. The van der Waals surface area contributed by atoms with Crippen LogP contribution in [0.15, 0.2) is 48.8 Å². The molecule has 18 heavy (non-hydrogen) atoms. The average Bonchev–Trinajstić information content (AvgIpc) is 2.42. The number of aliphatic hydroxyl groups is 1. The number of rotatable bonds is 5. The van der Waals surface area contributed by atoms with E-state index in [1.165, 1.54) is 6.07 Å². The molecule has 1 N–H and O–H groups in total. The molecule has 0 aliphatic carbocycles. The van der Waals surface area contributed by atoms with Gasteiger partial charge in [0.05, 0.1) is 13.2 Å². The topological polar surface area (TPSA) is 42.4 Å². The Morgan fingerprint density at radius 1 is 1.17 bits per heavy atom. The summed E-state index contributed by atoms with van der Waals surface area (Å²) >= 11 is 0. The van der Waals surface area contributed by atoms with Crippen LogP contribution >= 0.6 is 0 Å². The van der Waals surface area contributed by atoms with E-state index < -0.39 is 5.82 Å². The fourth-order valence-electron chi connectivity index (χ4n) is 1.64. The molecule has 2 rings (SSSR count). The molecule has 0 aliphatic heterocycles. The van der Waals surface area contributed by atoms with Gasteiger partial charge in [0.15, 0.2) is 11.6 Å². The third-order valence-electron chi connectivity index (χ3n) is 2.67. The van der Waals surface area contributed by atoms with E-state index in [1.807, 2.05) is 12.1 Å². The van der Waals surface area contributed by atoms with Crippen molar-refractivity contribution in [1.29, 1.82) is 0 Å². The molecule has 94 valence electrons. The third-order valence-corrected chi connectivity index (χ3v) is 2.67. The van der Waals surface area contributed by atoms with E-state index in [9.17, 15) is 9.50 Å². The van der Waals surface area contributed by atoms with Gasteiger partial charge in [0.25, 0.3) is 0 Å². The fraction of sp³-hybridized carbons (Fsp3) is 0.214. The van der Waals surface area contributed by atoms with Gasteiger partial charge < -0.3 is 9.84 Å². The van der Waals surface area contributed by atoms with Crippen molar-refractivity contribution in [3.05, 3.63) is 60.2 Å². The molecule has 0 amide bonds. The predicted octanol–water partition coefficient (Wildman–Crippen LogP) is 2.38. The Labute approximate surface area is 105 Å². The monoisotopic (exact) mass is 247 g/mol. The van der Waals surface area contributed by atoms with Crippen LogP contribution < -0.4 is 4.74 Å². The lowest BCUT2D eigenvalue weighted by molar-refractivity contribution is 0.201. The number of aliphatic hydroxyl groups excluding tert-OH is 1. The summed E-state index contributed by atoms with van der Waals surface area (Å²) in [4.78, 5) is 3.91. The summed E-state index contributed by atoms with van der Waals surface area (Å²) in [5, 5.41) is 9.33. The van der Waals surface area contributed by atoms with Crippen LogP contribution in [0.5, 0.6) is 5.75 Å². The van der Waals surface area contributed by atoms with Gasteiger partial charge in [-0.3, -0.25) is 4.98 Å². The first-order valence-electron chi connectivity index (χ1n) is 5.69. The zero-order valence-electron chi connectivity index (χ0n) is 9.79. The summed E-state index contributed by atoms with van der Waals surface area (Å²) in [7, 11) is 0. The Morgan fingerprint density at radius 3 is 2.56 bits per heavy atom. The molecule has 1 unspecified atom stereocenters. The molecule has 3 nitrogen and oxygen atoms in total. The van der Waals surface area contributed by atoms with Gasteiger partial charge in [-0.05, 0) is 29.8 Å². The van der Waals surface area contributed by atoms with Crippen LogP contribution in [0.4, 0.5) is 4.39 Å². The van der Waals surface area contributed by atoms with Crippen molar-refractivity contribution in [2.24, 2.45) is 0 Å². The second-order valence-corrected chi connectivity index (χ2v) is 3.90. The normalized spacial score (nSPS) is 12.1. The molecule has 0 spiro atoms. The van der Waals surface area contributed by atoms with Crippen molar-refractivity contribution < 1.29 is 14.2 Å². The molecule has 1 heterocycles. The van der Waals surface area contributed by atoms with Gasteiger partial charge in [-0.15, -0.1) is 0 Å². The Morgan fingerprint density at radius 2 is 1.89 bits per heavy atom. The first kappa shape index (κ1) is 12.5. The highest BCUT2D eigenvalue weighted by Crippen LogP contribution is 2.19. The van der Waals surface area contributed by atoms with Crippen molar-refractivity contribution in [1.82, 2.24) is 4.98 Å². The second kappa shape index (κ2) is 6.12. The Hall–Kier alpha value is -1.94. The highest BCUT2D eigenvalue weighted by atomic mass is 19.1. The lowest BCUT2D eigenvalue weighted by Crippen LogP contribution is -2.14. The number of hydrogen-bond donors (Lipinski definition) is 1. The number of nitrogens with zero attached hydrogens (tertiary/aromatic N) is 1. The Bertz CT molecular complexity index is 490. The Balaban J connectivity index is 2.02. The van der Waals surface area contributed by atoms with E-state index in [0.29, 0.717) is 0 Å². The summed E-state index contributed by atoms with van der Waals surface area (Å²) in [5.74, 6) is -0.387. The van der Waals surface area contributed by atoms with Crippen LogP contribution in [0.3, 0.4) is 0 Å². The molecule has 0 saturated heterocycles. The molecular weight excluding hydrogens is 233 g/mol. The molecule has 0 bridgehead atoms. The number of benzene rings is 1. The molecule has 1 aromatic heterocycles. The van der Waals surface area contributed by atoms with Crippen molar-refractivity contribution >= 4 is 0 Å². The number of ether oxygens (including phenoxy) is 1. The molecule has 2 aromatic rings. The molecule has 0 fully saturated rings. The smallest absolute Gasteiger partial charge is 0.165 e. The van der Waals surface area contributed by atoms with Crippen molar-refractivity contribution in [2.75, 3.05) is 13.2 Å². The number of para-hydroxylation sites is 1. The minimum atomic E-state index is -0.399. The van der Waals surface area contributed by atoms with Gasteiger partial charge >= 0.3 is 0 Å². The fourth-order valence-corrected chi connectivity index (χ4v) is 1.64. The second-order valence-electron chi connectivity index (χ2n) is 3.90. The maximum Gasteiger partial charge on any atom is 0.165 e. The average molecular weight is 247 g/mol. The van der Waals surface area contributed by atoms with Crippen LogP contribution in [0.25, 0.3) is 0 Å². The van der Waals surface area contributed by atoms with E-state index >= 15 is 0 Å². The van der Waals surface area contributed by atoms with Gasteiger partial charge in [0, 0.05) is 18.3 Å². The number of halogens is 1. The van der Waals surface area contributed by atoms with Crippen LogP contribution in [-0.4, -0.2) is 23.3 Å². The largest absolute Gasteiger partial charge is 0.490 e.